The van der Waals surface area contributed by atoms with Crippen LogP contribution >= 0.6 is 0 Å². The molecule has 0 spiro atoms. The first-order valence-corrected chi connectivity index (χ1v) is 6.26. The van der Waals surface area contributed by atoms with Crippen LogP contribution in [-0.4, -0.2) is 0 Å². The third-order valence-corrected chi connectivity index (χ3v) is 3.87. The summed E-state index contributed by atoms with van der Waals surface area (Å²) in [4.78, 5) is 0. The summed E-state index contributed by atoms with van der Waals surface area (Å²) in [7, 11) is 0. The molecule has 1 nitrogen and oxygen atoms in total. The van der Waals surface area contributed by atoms with Crippen molar-refractivity contribution in [1.29, 1.82) is 0 Å². The van der Waals surface area contributed by atoms with Gasteiger partial charge in [0.25, 0.3) is 0 Å². The lowest BCUT2D eigenvalue weighted by Crippen LogP contribution is -2.37. The first-order chi connectivity index (χ1) is 8.01. The SMILES string of the molecule is CC1CCCC(N)(c2cc(F)ccc2F)CC1. The van der Waals surface area contributed by atoms with Crippen LogP contribution in [0.1, 0.15) is 44.6 Å². The van der Waals surface area contributed by atoms with Crippen LogP contribution in [0.4, 0.5) is 8.78 Å². The van der Waals surface area contributed by atoms with Gasteiger partial charge in [0.15, 0.2) is 0 Å². The van der Waals surface area contributed by atoms with Gasteiger partial charge in [0.2, 0.25) is 0 Å². The monoisotopic (exact) mass is 239 g/mol. The summed E-state index contributed by atoms with van der Waals surface area (Å²) in [6.07, 6.45) is 4.54. The van der Waals surface area contributed by atoms with E-state index < -0.39 is 11.4 Å². The zero-order chi connectivity index (χ0) is 12.5. The van der Waals surface area contributed by atoms with Gasteiger partial charge in [0.05, 0.1) is 0 Å². The molecule has 94 valence electrons. The van der Waals surface area contributed by atoms with Gasteiger partial charge in [-0.3, -0.25) is 0 Å². The summed E-state index contributed by atoms with van der Waals surface area (Å²) >= 11 is 0. The van der Waals surface area contributed by atoms with Crippen molar-refractivity contribution in [3.05, 3.63) is 35.4 Å². The zero-order valence-electron chi connectivity index (χ0n) is 10.2. The molecular weight excluding hydrogens is 220 g/mol. The minimum atomic E-state index is -0.697. The van der Waals surface area contributed by atoms with E-state index in [0.29, 0.717) is 11.5 Å². The van der Waals surface area contributed by atoms with E-state index in [1.807, 2.05) is 0 Å². The molecule has 0 saturated heterocycles. The van der Waals surface area contributed by atoms with Crippen molar-refractivity contribution in [2.75, 3.05) is 0 Å². The van der Waals surface area contributed by atoms with Crippen molar-refractivity contribution < 1.29 is 8.78 Å². The van der Waals surface area contributed by atoms with E-state index in [1.54, 1.807) is 0 Å². The maximum absolute atomic E-state index is 13.8. The summed E-state index contributed by atoms with van der Waals surface area (Å²) < 4.78 is 27.0. The Bertz CT molecular complexity index is 405. The fourth-order valence-corrected chi connectivity index (χ4v) is 2.69. The van der Waals surface area contributed by atoms with Gasteiger partial charge in [-0.05, 0) is 43.4 Å². The van der Waals surface area contributed by atoms with E-state index in [4.69, 9.17) is 5.73 Å². The van der Waals surface area contributed by atoms with Crippen LogP contribution in [0, 0.1) is 17.6 Å². The lowest BCUT2D eigenvalue weighted by molar-refractivity contribution is 0.360. The van der Waals surface area contributed by atoms with Gasteiger partial charge in [-0.25, -0.2) is 8.78 Å². The van der Waals surface area contributed by atoms with Crippen molar-refractivity contribution in [3.8, 4) is 0 Å². The van der Waals surface area contributed by atoms with Crippen molar-refractivity contribution in [3.63, 3.8) is 0 Å². The Balaban J connectivity index is 2.33. The Labute approximate surface area is 101 Å². The number of hydrogen-bond donors (Lipinski definition) is 1. The third-order valence-electron chi connectivity index (χ3n) is 3.87. The van der Waals surface area contributed by atoms with Crippen molar-refractivity contribution in [1.82, 2.24) is 0 Å². The second kappa shape index (κ2) is 4.73. The quantitative estimate of drug-likeness (QED) is 0.743. The Morgan fingerprint density at radius 3 is 2.76 bits per heavy atom. The standard InChI is InChI=1S/C14H19F2N/c1-10-3-2-7-14(17,8-6-10)12-9-11(15)4-5-13(12)16/h4-5,9-10H,2-3,6-8,17H2,1H3. The average molecular weight is 239 g/mol. The maximum Gasteiger partial charge on any atom is 0.128 e. The molecule has 2 unspecified atom stereocenters. The molecule has 2 N–H and O–H groups in total. The number of nitrogens with two attached hydrogens (primary N) is 1. The second-order valence-corrected chi connectivity index (χ2v) is 5.32. The van der Waals surface area contributed by atoms with Gasteiger partial charge in [0.1, 0.15) is 11.6 Å². The Morgan fingerprint density at radius 2 is 2.00 bits per heavy atom. The zero-order valence-corrected chi connectivity index (χ0v) is 10.2. The molecule has 0 bridgehead atoms. The highest BCUT2D eigenvalue weighted by Gasteiger charge is 2.32. The van der Waals surface area contributed by atoms with Crippen LogP contribution in [0.15, 0.2) is 18.2 Å². The molecule has 1 aromatic carbocycles. The molecule has 0 amide bonds. The smallest absolute Gasteiger partial charge is 0.128 e. The highest BCUT2D eigenvalue weighted by Crippen LogP contribution is 2.37. The summed E-state index contributed by atoms with van der Waals surface area (Å²) in [5.41, 5.74) is 5.95. The Kier molecular flexibility index (Phi) is 3.48. The van der Waals surface area contributed by atoms with Gasteiger partial charge in [-0.15, -0.1) is 0 Å². The largest absolute Gasteiger partial charge is 0.321 e. The highest BCUT2D eigenvalue weighted by molar-refractivity contribution is 5.27. The Morgan fingerprint density at radius 1 is 1.24 bits per heavy atom. The van der Waals surface area contributed by atoms with Crippen molar-refractivity contribution in [2.45, 2.75) is 44.6 Å². The molecule has 2 atom stereocenters. The molecule has 17 heavy (non-hydrogen) atoms. The predicted molar refractivity (Wildman–Crippen MR) is 64.5 cm³/mol. The molecule has 0 radical (unpaired) electrons. The lowest BCUT2D eigenvalue weighted by atomic mass is 9.83. The van der Waals surface area contributed by atoms with Crippen LogP contribution in [0.2, 0.25) is 0 Å². The van der Waals surface area contributed by atoms with E-state index in [-0.39, 0.29) is 5.82 Å². The summed E-state index contributed by atoms with van der Waals surface area (Å²) in [5, 5.41) is 0. The number of hydrogen-bond acceptors (Lipinski definition) is 1. The van der Waals surface area contributed by atoms with Gasteiger partial charge >= 0.3 is 0 Å². The van der Waals surface area contributed by atoms with Crippen molar-refractivity contribution in [2.24, 2.45) is 11.7 Å². The molecule has 0 aliphatic heterocycles. The lowest BCUT2D eigenvalue weighted by Gasteiger charge is -2.29. The minimum absolute atomic E-state index is 0.339. The van der Waals surface area contributed by atoms with Gasteiger partial charge in [-0.1, -0.05) is 19.8 Å². The summed E-state index contributed by atoms with van der Waals surface area (Å²) in [5.74, 6) is -0.177. The Hall–Kier alpha value is -0.960. The van der Waals surface area contributed by atoms with E-state index in [9.17, 15) is 8.78 Å². The number of halogens is 2. The molecule has 3 heteroatoms. The van der Waals surface area contributed by atoms with E-state index >= 15 is 0 Å². The van der Waals surface area contributed by atoms with E-state index in [0.717, 1.165) is 38.2 Å². The number of rotatable bonds is 1. The first-order valence-electron chi connectivity index (χ1n) is 6.26. The molecule has 1 fully saturated rings. The van der Waals surface area contributed by atoms with E-state index in [1.165, 1.54) is 12.1 Å². The topological polar surface area (TPSA) is 26.0 Å². The summed E-state index contributed by atoms with van der Waals surface area (Å²) in [6, 6.07) is 3.57. The van der Waals surface area contributed by atoms with Crippen molar-refractivity contribution >= 4 is 0 Å². The average Bonchev–Trinajstić information content (AvgIpc) is 2.46. The molecule has 2 rings (SSSR count). The molecule has 1 aliphatic carbocycles. The maximum atomic E-state index is 13.8. The number of benzene rings is 1. The molecule has 1 aromatic rings. The fourth-order valence-electron chi connectivity index (χ4n) is 2.69. The van der Waals surface area contributed by atoms with Crippen LogP contribution in [-0.2, 0) is 5.54 Å². The molecule has 0 aromatic heterocycles. The minimum Gasteiger partial charge on any atom is -0.321 e. The molecule has 0 heterocycles. The fraction of sp³-hybridized carbons (Fsp3) is 0.571. The highest BCUT2D eigenvalue weighted by atomic mass is 19.1. The van der Waals surface area contributed by atoms with Gasteiger partial charge < -0.3 is 5.73 Å². The predicted octanol–water partition coefficient (Wildman–Crippen LogP) is 3.72. The van der Waals surface area contributed by atoms with Crippen LogP contribution in [0.25, 0.3) is 0 Å². The van der Waals surface area contributed by atoms with Crippen LogP contribution in [0.5, 0.6) is 0 Å². The molecular formula is C14H19F2N. The van der Waals surface area contributed by atoms with E-state index in [2.05, 4.69) is 6.92 Å². The third kappa shape index (κ3) is 2.65. The second-order valence-electron chi connectivity index (χ2n) is 5.32. The van der Waals surface area contributed by atoms with Crippen LogP contribution < -0.4 is 5.73 Å². The normalized spacial score (nSPS) is 30.0. The summed E-state index contributed by atoms with van der Waals surface area (Å²) in [6.45, 7) is 2.19. The van der Waals surface area contributed by atoms with Gasteiger partial charge in [-0.2, -0.15) is 0 Å². The van der Waals surface area contributed by atoms with Gasteiger partial charge in [0, 0.05) is 11.1 Å². The molecule has 1 saturated carbocycles. The molecule has 1 aliphatic rings. The van der Waals surface area contributed by atoms with Crippen LogP contribution in [0.3, 0.4) is 0 Å². The first kappa shape index (κ1) is 12.5.